The number of piperidine rings is 1. The topological polar surface area (TPSA) is 93.9 Å². The lowest BCUT2D eigenvalue weighted by molar-refractivity contribution is -0.129. The lowest BCUT2D eigenvalue weighted by atomic mass is 10.0. The van der Waals surface area contributed by atoms with Crippen LogP contribution >= 0.6 is 12.4 Å². The molecule has 2 amide bonds. The number of rotatable bonds is 8. The van der Waals surface area contributed by atoms with Gasteiger partial charge in [0.2, 0.25) is 11.8 Å². The summed E-state index contributed by atoms with van der Waals surface area (Å²) in [6.45, 7) is -2.20. The van der Waals surface area contributed by atoms with E-state index in [0.29, 0.717) is 25.1 Å². The fraction of sp³-hybridized carbons (Fsp3) is 0.529. The first-order chi connectivity index (χ1) is 12.4. The number of hydrogen-bond acceptors (Lipinski definition) is 5. The van der Waals surface area contributed by atoms with Crippen LogP contribution in [0.2, 0.25) is 0 Å². The first-order valence-electron chi connectivity index (χ1n) is 8.33. The van der Waals surface area contributed by atoms with Gasteiger partial charge in [-0.15, -0.1) is 12.4 Å². The highest BCUT2D eigenvalue weighted by Crippen LogP contribution is 2.24. The van der Waals surface area contributed by atoms with E-state index in [2.05, 4.69) is 10.1 Å². The van der Waals surface area contributed by atoms with Crippen molar-refractivity contribution < 1.29 is 27.8 Å². The molecule has 2 unspecified atom stereocenters. The second kappa shape index (κ2) is 11.0. The van der Waals surface area contributed by atoms with Gasteiger partial charge in [-0.05, 0) is 37.1 Å². The number of anilines is 1. The Balaban J connectivity index is 0.00000364. The molecule has 1 aliphatic rings. The number of benzene rings is 1. The Hall–Kier alpha value is -1.97. The molecule has 1 aromatic carbocycles. The van der Waals surface area contributed by atoms with Gasteiger partial charge in [0.15, 0.2) is 0 Å². The van der Waals surface area contributed by atoms with Crippen LogP contribution in [-0.4, -0.2) is 50.8 Å². The maximum atomic E-state index is 12.7. The average Bonchev–Trinajstić information content (AvgIpc) is 2.62. The Kier molecular flexibility index (Phi) is 9.40. The van der Waals surface area contributed by atoms with Gasteiger partial charge in [0.1, 0.15) is 11.8 Å². The van der Waals surface area contributed by atoms with Crippen molar-refractivity contribution in [2.45, 2.75) is 38.0 Å². The molecule has 0 aliphatic carbocycles. The number of alkyl halides is 2. The normalized spacial score (nSPS) is 18.0. The summed E-state index contributed by atoms with van der Waals surface area (Å²) in [5.74, 6) is -0.525. The molecule has 0 saturated carbocycles. The third-order valence-electron chi connectivity index (χ3n) is 4.16. The average molecular weight is 408 g/mol. The number of nitrogens with one attached hydrogen (secondary N) is 1. The van der Waals surface area contributed by atoms with E-state index in [1.165, 1.54) is 36.3 Å². The third kappa shape index (κ3) is 6.60. The molecule has 1 fully saturated rings. The smallest absolute Gasteiger partial charge is 0.387 e. The first kappa shape index (κ1) is 23.1. The van der Waals surface area contributed by atoms with Gasteiger partial charge in [0.05, 0.1) is 12.5 Å². The number of ether oxygens (including phenoxy) is 2. The third-order valence-corrected chi connectivity index (χ3v) is 4.16. The van der Waals surface area contributed by atoms with E-state index < -0.39 is 18.8 Å². The Labute approximate surface area is 162 Å². The number of halogens is 3. The molecule has 0 bridgehead atoms. The predicted molar refractivity (Wildman–Crippen MR) is 98.3 cm³/mol. The molecule has 1 heterocycles. The lowest BCUT2D eigenvalue weighted by Gasteiger charge is -2.33. The highest BCUT2D eigenvalue weighted by molar-refractivity contribution is 5.99. The zero-order chi connectivity index (χ0) is 19.1. The van der Waals surface area contributed by atoms with Crippen LogP contribution in [-0.2, 0) is 14.3 Å². The summed E-state index contributed by atoms with van der Waals surface area (Å²) in [6.07, 6.45) is 0.924. The molecule has 27 heavy (non-hydrogen) atoms. The second-order valence-electron chi connectivity index (χ2n) is 5.92. The molecule has 0 radical (unpaired) electrons. The summed E-state index contributed by atoms with van der Waals surface area (Å²) in [7, 11) is 1.47. The van der Waals surface area contributed by atoms with E-state index in [4.69, 9.17) is 10.5 Å². The molecule has 1 aliphatic heterocycles. The number of hydrogen-bond donors (Lipinski definition) is 2. The van der Waals surface area contributed by atoms with Gasteiger partial charge in [-0.1, -0.05) is 0 Å². The number of amides is 2. The minimum atomic E-state index is -2.90. The van der Waals surface area contributed by atoms with Gasteiger partial charge in [0.25, 0.3) is 0 Å². The first-order valence-corrected chi connectivity index (χ1v) is 8.33. The van der Waals surface area contributed by atoms with Crippen molar-refractivity contribution in [3.63, 3.8) is 0 Å². The molecular formula is C17H24ClF2N3O4. The van der Waals surface area contributed by atoms with Crippen molar-refractivity contribution in [3.8, 4) is 5.75 Å². The van der Waals surface area contributed by atoms with Crippen LogP contribution in [0.5, 0.6) is 5.75 Å². The van der Waals surface area contributed by atoms with E-state index in [0.717, 1.165) is 0 Å². The van der Waals surface area contributed by atoms with Gasteiger partial charge in [0, 0.05) is 25.9 Å². The summed E-state index contributed by atoms with van der Waals surface area (Å²) in [6, 6.07) is 5.19. The molecule has 3 N–H and O–H groups in total. The van der Waals surface area contributed by atoms with Crippen molar-refractivity contribution in [1.29, 1.82) is 0 Å². The molecule has 1 aromatic rings. The fourth-order valence-corrected chi connectivity index (χ4v) is 2.80. The van der Waals surface area contributed by atoms with Crippen LogP contribution in [0.3, 0.4) is 0 Å². The summed E-state index contributed by atoms with van der Waals surface area (Å²) >= 11 is 0. The monoisotopic (exact) mass is 407 g/mol. The van der Waals surface area contributed by atoms with Crippen LogP contribution in [0.25, 0.3) is 0 Å². The van der Waals surface area contributed by atoms with Crippen molar-refractivity contribution in [2.24, 2.45) is 5.73 Å². The molecule has 10 heteroatoms. The van der Waals surface area contributed by atoms with Gasteiger partial charge in [-0.25, -0.2) is 0 Å². The van der Waals surface area contributed by atoms with E-state index in [9.17, 15) is 18.4 Å². The van der Waals surface area contributed by atoms with Gasteiger partial charge in [-0.2, -0.15) is 8.78 Å². The second-order valence-corrected chi connectivity index (χ2v) is 5.92. The zero-order valence-electron chi connectivity index (χ0n) is 14.9. The maximum Gasteiger partial charge on any atom is 0.387 e. The predicted octanol–water partition coefficient (Wildman–Crippen LogP) is 1.69. The number of nitrogens with two attached hydrogens (primary N) is 1. The van der Waals surface area contributed by atoms with Crippen LogP contribution in [0.15, 0.2) is 24.3 Å². The minimum Gasteiger partial charge on any atom is -0.435 e. The van der Waals surface area contributed by atoms with Gasteiger partial charge < -0.3 is 25.4 Å². The molecule has 152 valence electrons. The quantitative estimate of drug-likeness (QED) is 0.684. The molecule has 2 rings (SSSR count). The Bertz CT molecular complexity index is 615. The molecule has 1 saturated heterocycles. The molecular weight excluding hydrogens is 384 g/mol. The van der Waals surface area contributed by atoms with Crippen LogP contribution < -0.4 is 20.7 Å². The fourth-order valence-electron chi connectivity index (χ4n) is 2.80. The summed E-state index contributed by atoms with van der Waals surface area (Å²) in [5.41, 5.74) is 6.06. The minimum absolute atomic E-state index is 0. The number of nitrogens with zero attached hydrogens (tertiary/aromatic N) is 1. The lowest BCUT2D eigenvalue weighted by Crippen LogP contribution is -2.53. The van der Waals surface area contributed by atoms with E-state index in [1.54, 1.807) is 0 Å². The molecule has 2 atom stereocenters. The van der Waals surface area contributed by atoms with Crippen molar-refractivity contribution in [3.05, 3.63) is 24.3 Å². The maximum absolute atomic E-state index is 12.7. The van der Waals surface area contributed by atoms with Crippen LogP contribution in [0.4, 0.5) is 14.5 Å². The van der Waals surface area contributed by atoms with Crippen molar-refractivity contribution >= 4 is 29.9 Å². The number of carbonyl (C=O) groups is 2. The Morgan fingerprint density at radius 3 is 2.59 bits per heavy atom. The summed E-state index contributed by atoms with van der Waals surface area (Å²) < 4.78 is 33.8. The van der Waals surface area contributed by atoms with Crippen LogP contribution in [0, 0.1) is 0 Å². The molecule has 7 nitrogen and oxygen atoms in total. The number of carbonyl (C=O) groups excluding carboxylic acids is 2. The van der Waals surface area contributed by atoms with E-state index in [1.807, 2.05) is 0 Å². The standard InChI is InChI=1S/C17H23F2N3O4.ClH/c1-25-13(10-20)9-15(23)21-14-3-2-8-22(16(14)24)11-4-6-12(7-5-11)26-17(18)19;/h4-7,13-14,17H,2-3,8-10,20H2,1H3,(H,21,23);1H. The SMILES string of the molecule is COC(CN)CC(=O)NC1CCCN(c2ccc(OC(F)F)cc2)C1=O.Cl. The van der Waals surface area contributed by atoms with Crippen molar-refractivity contribution in [1.82, 2.24) is 5.32 Å². The highest BCUT2D eigenvalue weighted by atomic mass is 35.5. The van der Waals surface area contributed by atoms with Crippen molar-refractivity contribution in [2.75, 3.05) is 25.1 Å². The Morgan fingerprint density at radius 1 is 1.37 bits per heavy atom. The zero-order valence-corrected chi connectivity index (χ0v) is 15.7. The molecule has 0 spiro atoms. The summed E-state index contributed by atoms with van der Waals surface area (Å²) in [4.78, 5) is 26.2. The number of methoxy groups -OCH3 is 1. The highest BCUT2D eigenvalue weighted by Gasteiger charge is 2.31. The Morgan fingerprint density at radius 2 is 2.04 bits per heavy atom. The van der Waals surface area contributed by atoms with Gasteiger partial charge in [-0.3, -0.25) is 9.59 Å². The van der Waals surface area contributed by atoms with Crippen LogP contribution in [0.1, 0.15) is 19.3 Å². The summed E-state index contributed by atoms with van der Waals surface area (Å²) in [5, 5.41) is 2.72. The van der Waals surface area contributed by atoms with E-state index >= 15 is 0 Å². The van der Waals surface area contributed by atoms with Gasteiger partial charge >= 0.3 is 6.61 Å². The molecule has 0 aromatic heterocycles. The largest absolute Gasteiger partial charge is 0.435 e. The van der Waals surface area contributed by atoms with E-state index in [-0.39, 0.29) is 42.9 Å².